The molecule has 0 saturated carbocycles. The van der Waals surface area contributed by atoms with Gasteiger partial charge in [-0.25, -0.2) is 4.98 Å². The third-order valence-corrected chi connectivity index (χ3v) is 12.9. The Morgan fingerprint density at radius 2 is 1.31 bits per heavy atom. The van der Waals surface area contributed by atoms with E-state index < -0.39 is 0 Å². The fraction of sp³-hybridized carbons (Fsp3) is 0.197. The number of rotatable bonds is 6. The van der Waals surface area contributed by atoms with Gasteiger partial charge in [-0.05, 0) is 85.8 Å². The number of benzene rings is 7. The third kappa shape index (κ3) is 8.24. The van der Waals surface area contributed by atoms with Crippen LogP contribution in [-0.4, -0.2) is 19.6 Å². The van der Waals surface area contributed by atoms with Crippen LogP contribution in [0.4, 0.5) is 0 Å². The van der Waals surface area contributed by atoms with Crippen molar-refractivity contribution in [3.63, 3.8) is 0 Å². The summed E-state index contributed by atoms with van der Waals surface area (Å²) in [5, 5.41) is 24.2. The molecule has 0 unspecified atom stereocenters. The molecule has 10 aromatic rings. The summed E-state index contributed by atoms with van der Waals surface area (Å²) in [5.74, 6) is 0.850. The minimum Gasteiger partial charge on any atom is -0.507 e. The van der Waals surface area contributed by atoms with Crippen molar-refractivity contribution in [3.8, 4) is 73.5 Å². The predicted molar refractivity (Wildman–Crippen MR) is 275 cm³/mol. The van der Waals surface area contributed by atoms with E-state index in [9.17, 15) is 10.4 Å². The zero-order chi connectivity index (χ0) is 47.0. The van der Waals surface area contributed by atoms with Crippen molar-refractivity contribution >= 4 is 33.0 Å². The first-order valence-electron chi connectivity index (χ1n) is 22.9. The van der Waals surface area contributed by atoms with Crippen LogP contribution in [0.3, 0.4) is 0 Å². The zero-order valence-corrected chi connectivity index (χ0v) is 42.2. The van der Waals surface area contributed by atoms with Crippen molar-refractivity contribution in [1.82, 2.24) is 14.5 Å². The number of furan rings is 1. The number of hydrogen-bond acceptors (Lipinski definition) is 5. The summed E-state index contributed by atoms with van der Waals surface area (Å²) < 4.78 is 8.86. The molecule has 68 heavy (non-hydrogen) atoms. The molecule has 0 radical (unpaired) electrons. The van der Waals surface area contributed by atoms with Crippen LogP contribution in [-0.2, 0) is 37.3 Å². The summed E-state index contributed by atoms with van der Waals surface area (Å²) in [6.45, 7) is 19.8. The molecule has 0 aliphatic rings. The second-order valence-corrected chi connectivity index (χ2v) is 20.7. The van der Waals surface area contributed by atoms with Crippen LogP contribution in [0.1, 0.15) is 84.6 Å². The smallest absolute Gasteiger partial charge is 0.148 e. The fourth-order valence-corrected chi connectivity index (χ4v) is 9.15. The van der Waals surface area contributed by atoms with Crippen molar-refractivity contribution in [2.75, 3.05) is 0 Å². The Balaban J connectivity index is 0.00000578. The van der Waals surface area contributed by atoms with E-state index in [2.05, 4.69) is 176 Å². The van der Waals surface area contributed by atoms with E-state index >= 15 is 0 Å². The predicted octanol–water partition coefficient (Wildman–Crippen LogP) is 15.9. The number of nitrogens with zero attached hydrogens (tertiary/aromatic N) is 4. The Morgan fingerprint density at radius 1 is 0.618 bits per heavy atom. The molecule has 7 heteroatoms. The van der Waals surface area contributed by atoms with E-state index in [1.54, 1.807) is 6.07 Å². The number of fused-ring (bicyclic) bond motifs is 4. The second-order valence-electron chi connectivity index (χ2n) is 20.7. The topological polar surface area (TPSA) is 87.9 Å². The largest absolute Gasteiger partial charge is 0.507 e. The minimum absolute atomic E-state index is 0. The van der Waals surface area contributed by atoms with Gasteiger partial charge in [0.05, 0.1) is 39.5 Å². The van der Waals surface area contributed by atoms with E-state index in [-0.39, 0.29) is 43.1 Å². The first-order valence-corrected chi connectivity index (χ1v) is 22.9. The van der Waals surface area contributed by atoms with E-state index in [0.29, 0.717) is 39.4 Å². The van der Waals surface area contributed by atoms with E-state index in [1.807, 2.05) is 48.7 Å². The monoisotopic (exact) mass is 1070 g/mol. The third-order valence-electron chi connectivity index (χ3n) is 12.9. The van der Waals surface area contributed by atoms with E-state index in [0.717, 1.165) is 72.0 Å². The van der Waals surface area contributed by atoms with Crippen LogP contribution in [0.5, 0.6) is 5.75 Å². The number of nitriles is 1. The van der Waals surface area contributed by atoms with Crippen LogP contribution >= 0.6 is 0 Å². The molecular formula is C61H53N4O2Pt-. The molecule has 0 fully saturated rings. The molecule has 3 heterocycles. The van der Waals surface area contributed by atoms with Crippen molar-refractivity contribution in [2.24, 2.45) is 0 Å². The summed E-state index contributed by atoms with van der Waals surface area (Å²) in [7, 11) is 0. The van der Waals surface area contributed by atoms with Crippen LogP contribution in [0.25, 0.3) is 94.7 Å². The van der Waals surface area contributed by atoms with Gasteiger partial charge >= 0.3 is 0 Å². The molecule has 340 valence electrons. The van der Waals surface area contributed by atoms with Crippen molar-refractivity contribution in [1.29, 1.82) is 5.26 Å². The summed E-state index contributed by atoms with van der Waals surface area (Å²) in [6, 6.07) is 55.9. The molecule has 0 atom stereocenters. The maximum absolute atomic E-state index is 12.6. The normalized spacial score (nSPS) is 12.1. The summed E-state index contributed by atoms with van der Waals surface area (Å²) in [5.41, 5.74) is 14.8. The number of hydrogen-bond donors (Lipinski definition) is 1. The molecular weight excluding hydrogens is 1020 g/mol. The Hall–Kier alpha value is -7.06. The molecule has 10 rings (SSSR count). The fourth-order valence-electron chi connectivity index (χ4n) is 9.15. The summed E-state index contributed by atoms with van der Waals surface area (Å²) in [4.78, 5) is 10.7. The summed E-state index contributed by atoms with van der Waals surface area (Å²) in [6.07, 6.45) is 1.89. The number of aromatic hydroxyl groups is 1. The second kappa shape index (κ2) is 17.2. The molecule has 1 N–H and O–H groups in total. The van der Waals surface area contributed by atoms with Crippen LogP contribution < -0.4 is 0 Å². The van der Waals surface area contributed by atoms with Gasteiger partial charge in [-0.3, -0.25) is 9.55 Å². The average molecular weight is 1070 g/mol. The number of pyridine rings is 1. The number of aromatic nitrogens is 3. The van der Waals surface area contributed by atoms with Crippen LogP contribution in [0.2, 0.25) is 0 Å². The quantitative estimate of drug-likeness (QED) is 0.168. The van der Waals surface area contributed by atoms with Gasteiger partial charge in [0.1, 0.15) is 17.2 Å². The van der Waals surface area contributed by atoms with Gasteiger partial charge < -0.3 is 9.52 Å². The van der Waals surface area contributed by atoms with Crippen LogP contribution in [0, 0.1) is 17.4 Å². The molecule has 0 aliphatic carbocycles. The first-order chi connectivity index (χ1) is 32.0. The standard InChI is InChI=1S/C61H53N4O2.Pt/c1-59(2,3)42-25-28-52(46(32-42)39-19-14-11-15-20-39)65-53-22-16-21-44(55(53)64-58(65)49-33-43(60(4,5)6)34-50(56(49)66)61(7,8)9)41-30-47-45-26-23-37(35-62)29-54(45)67-57(47)48(31-41)51-27-24-40(36-63-51)38-17-12-10-13-18-38;/h10-30,32-34,36,66H,1-9H3;/q-1;. The number of imidazole rings is 1. The van der Waals surface area contributed by atoms with Crippen LogP contribution in [0.15, 0.2) is 156 Å². The van der Waals surface area contributed by atoms with Gasteiger partial charge in [0.25, 0.3) is 0 Å². The van der Waals surface area contributed by atoms with Crippen molar-refractivity contribution in [2.45, 2.75) is 78.6 Å². The maximum atomic E-state index is 12.6. The molecule has 0 spiro atoms. The number of phenols is 1. The van der Waals surface area contributed by atoms with Gasteiger partial charge in [0, 0.05) is 49.5 Å². The molecule has 6 nitrogen and oxygen atoms in total. The molecule has 0 saturated heterocycles. The van der Waals surface area contributed by atoms with E-state index in [1.165, 1.54) is 5.56 Å². The molecule has 0 amide bonds. The van der Waals surface area contributed by atoms with Gasteiger partial charge in [-0.15, -0.1) is 17.7 Å². The Bertz CT molecular complexity index is 3580. The number of para-hydroxylation sites is 1. The minimum atomic E-state index is -0.360. The van der Waals surface area contributed by atoms with Gasteiger partial charge in [0.2, 0.25) is 0 Å². The zero-order valence-electron chi connectivity index (χ0n) is 39.9. The number of phenolic OH excluding ortho intramolecular Hbond substituents is 1. The first kappa shape index (κ1) is 46.1. The van der Waals surface area contributed by atoms with Gasteiger partial charge in [-0.2, -0.15) is 5.26 Å². The van der Waals surface area contributed by atoms with Gasteiger partial charge in [0.15, 0.2) is 0 Å². The molecule has 7 aromatic carbocycles. The Labute approximate surface area is 413 Å². The maximum Gasteiger partial charge on any atom is 0.148 e. The van der Waals surface area contributed by atoms with Gasteiger partial charge in [-0.1, -0.05) is 177 Å². The van der Waals surface area contributed by atoms with Crippen molar-refractivity contribution in [3.05, 3.63) is 180 Å². The molecule has 0 aliphatic heterocycles. The Morgan fingerprint density at radius 3 is 1.96 bits per heavy atom. The Kier molecular flexibility index (Phi) is 11.7. The summed E-state index contributed by atoms with van der Waals surface area (Å²) >= 11 is 0. The molecule has 0 bridgehead atoms. The molecule has 3 aromatic heterocycles. The average Bonchev–Trinajstić information content (AvgIpc) is 3.89. The SMILES string of the molecule is CC(C)(C)c1ccc(-n2c(-c3cc(C(C)(C)C)cc(C(C)(C)C)c3O)nc3c(-c4[c-]c(-c5ccc(-c6ccccc6)cn5)c5oc6cc(C#N)ccc6c5c4)cccc32)c(-c2ccccc2)c1.[Pt]. The van der Waals surface area contributed by atoms with Crippen molar-refractivity contribution < 1.29 is 30.6 Å². The van der Waals surface area contributed by atoms with E-state index in [4.69, 9.17) is 14.4 Å².